The number of ether oxygens (including phenoxy) is 1. The van der Waals surface area contributed by atoms with Crippen molar-refractivity contribution in [2.45, 2.75) is 31.9 Å². The molecule has 2 N–H and O–H groups in total. The summed E-state index contributed by atoms with van der Waals surface area (Å²) < 4.78 is 4.98. The normalized spacial score (nSPS) is 24.8. The molecule has 2 fully saturated rings. The summed E-state index contributed by atoms with van der Waals surface area (Å²) in [6, 6.07) is 0.151. The van der Waals surface area contributed by atoms with Gasteiger partial charge < -0.3 is 10.1 Å². The van der Waals surface area contributed by atoms with Crippen LogP contribution in [0.15, 0.2) is 0 Å². The van der Waals surface area contributed by atoms with Gasteiger partial charge in [-0.25, -0.2) is 0 Å². The Morgan fingerprint density at radius 1 is 1.43 bits per heavy atom. The highest BCUT2D eigenvalue weighted by atomic mass is 32.1. The molecule has 0 unspecified atom stereocenters. The van der Waals surface area contributed by atoms with Crippen molar-refractivity contribution in [2.75, 3.05) is 32.1 Å². The predicted octanol–water partition coefficient (Wildman–Crippen LogP) is 0.224. The number of carbonyl (C=O) groups is 2. The minimum Gasteiger partial charge on any atom is -0.377 e. The summed E-state index contributed by atoms with van der Waals surface area (Å²) in [7, 11) is 1.59. The molecule has 23 heavy (non-hydrogen) atoms. The van der Waals surface area contributed by atoms with Crippen molar-refractivity contribution in [1.82, 2.24) is 20.4 Å². The van der Waals surface area contributed by atoms with Gasteiger partial charge in [0.05, 0.1) is 12.5 Å². The van der Waals surface area contributed by atoms with E-state index in [0.717, 1.165) is 30.8 Å². The Labute approximate surface area is 138 Å². The van der Waals surface area contributed by atoms with Gasteiger partial charge >= 0.3 is 0 Å². The Morgan fingerprint density at radius 3 is 3.13 bits per heavy atom. The van der Waals surface area contributed by atoms with Gasteiger partial charge in [0.1, 0.15) is 11.6 Å². The quantitative estimate of drug-likeness (QED) is 0.797. The van der Waals surface area contributed by atoms with E-state index in [1.807, 2.05) is 0 Å². The Kier molecular flexibility index (Phi) is 5.19. The molecule has 2 saturated heterocycles. The van der Waals surface area contributed by atoms with Crippen LogP contribution in [0.25, 0.3) is 0 Å². The SMILES string of the molecule is COCc1nnc(NC(=O)CN2C[C@@H]3CCC[C@H](C2)C(=O)N3)s1. The number of carbonyl (C=O) groups excluding carboxylic acids is 2. The van der Waals surface area contributed by atoms with E-state index in [-0.39, 0.29) is 30.3 Å². The van der Waals surface area contributed by atoms with Crippen molar-refractivity contribution in [1.29, 1.82) is 0 Å². The number of nitrogens with zero attached hydrogens (tertiary/aromatic N) is 3. The van der Waals surface area contributed by atoms with Crippen molar-refractivity contribution in [3.05, 3.63) is 5.01 Å². The lowest BCUT2D eigenvalue weighted by atomic mass is 9.99. The first-order chi connectivity index (χ1) is 11.1. The second-order valence-electron chi connectivity index (χ2n) is 6.01. The third-order valence-corrected chi connectivity index (χ3v) is 4.94. The molecular formula is C14H21N5O3S. The molecule has 9 heteroatoms. The molecule has 126 valence electrons. The second kappa shape index (κ2) is 7.33. The Morgan fingerprint density at radius 2 is 2.30 bits per heavy atom. The molecule has 1 aromatic rings. The molecule has 1 aromatic heterocycles. The van der Waals surface area contributed by atoms with E-state index in [1.54, 1.807) is 7.11 Å². The number of likely N-dealkylation sites (tertiary alicyclic amines) is 1. The summed E-state index contributed by atoms with van der Waals surface area (Å²) in [5, 5.41) is 14.9. The lowest BCUT2D eigenvalue weighted by molar-refractivity contribution is -0.125. The number of hydrogen-bond donors (Lipinski definition) is 2. The molecular weight excluding hydrogens is 318 g/mol. The number of nitrogens with one attached hydrogen (secondary N) is 2. The van der Waals surface area contributed by atoms with Gasteiger partial charge in [-0.1, -0.05) is 17.8 Å². The van der Waals surface area contributed by atoms with Crippen molar-refractivity contribution in [2.24, 2.45) is 5.92 Å². The summed E-state index contributed by atoms with van der Waals surface area (Å²) in [5.74, 6) is -0.00795. The monoisotopic (exact) mass is 339 g/mol. The average Bonchev–Trinajstić information content (AvgIpc) is 2.76. The molecule has 0 spiro atoms. The first kappa shape index (κ1) is 16.3. The fourth-order valence-corrected chi connectivity index (χ4v) is 3.85. The van der Waals surface area contributed by atoms with Crippen LogP contribution in [0, 0.1) is 5.92 Å². The third kappa shape index (κ3) is 4.24. The van der Waals surface area contributed by atoms with Crippen LogP contribution >= 0.6 is 11.3 Å². The molecule has 0 aliphatic carbocycles. The number of rotatable bonds is 5. The van der Waals surface area contributed by atoms with Crippen LogP contribution in [0.4, 0.5) is 5.13 Å². The number of anilines is 1. The van der Waals surface area contributed by atoms with Gasteiger partial charge in [-0.15, -0.1) is 10.2 Å². The van der Waals surface area contributed by atoms with E-state index in [2.05, 4.69) is 25.7 Å². The molecule has 0 radical (unpaired) electrons. The van der Waals surface area contributed by atoms with Gasteiger partial charge in [0.2, 0.25) is 16.9 Å². The molecule has 0 saturated carbocycles. The van der Waals surface area contributed by atoms with Gasteiger partial charge in [-0.05, 0) is 12.8 Å². The smallest absolute Gasteiger partial charge is 0.240 e. The topological polar surface area (TPSA) is 96.5 Å². The van der Waals surface area contributed by atoms with Gasteiger partial charge in [0.25, 0.3) is 0 Å². The Hall–Kier alpha value is -1.58. The van der Waals surface area contributed by atoms with E-state index in [9.17, 15) is 9.59 Å². The molecule has 2 amide bonds. The largest absolute Gasteiger partial charge is 0.377 e. The Balaban J connectivity index is 1.55. The average molecular weight is 339 g/mol. The first-order valence-corrected chi connectivity index (χ1v) is 8.59. The molecule has 2 aliphatic rings. The highest BCUT2D eigenvalue weighted by Crippen LogP contribution is 2.22. The predicted molar refractivity (Wildman–Crippen MR) is 85.0 cm³/mol. The van der Waals surface area contributed by atoms with Crippen LogP contribution in [0.5, 0.6) is 0 Å². The molecule has 2 atom stereocenters. The second-order valence-corrected chi connectivity index (χ2v) is 7.07. The maximum absolute atomic E-state index is 12.2. The van der Waals surface area contributed by atoms with Crippen LogP contribution in [-0.2, 0) is 20.9 Å². The number of fused-ring (bicyclic) bond motifs is 3. The van der Waals surface area contributed by atoms with E-state index in [4.69, 9.17) is 4.74 Å². The minimum atomic E-state index is -0.127. The number of amides is 2. The van der Waals surface area contributed by atoms with E-state index in [0.29, 0.717) is 18.3 Å². The van der Waals surface area contributed by atoms with Crippen LogP contribution in [0.1, 0.15) is 24.3 Å². The van der Waals surface area contributed by atoms with Crippen molar-refractivity contribution in [3.63, 3.8) is 0 Å². The number of hydrogen-bond acceptors (Lipinski definition) is 7. The highest BCUT2D eigenvalue weighted by molar-refractivity contribution is 7.15. The van der Waals surface area contributed by atoms with Gasteiger partial charge in [0.15, 0.2) is 0 Å². The molecule has 2 aliphatic heterocycles. The third-order valence-electron chi connectivity index (χ3n) is 4.13. The zero-order chi connectivity index (χ0) is 16.2. The standard InChI is InChI=1S/C14H21N5O3S/c1-22-8-12-17-18-14(23-12)16-11(20)7-19-5-9-3-2-4-10(6-19)15-13(9)21/h9-10H,2-8H2,1H3,(H,15,21)(H,16,18,20)/t9-,10+/m1/s1. The highest BCUT2D eigenvalue weighted by Gasteiger charge is 2.33. The van der Waals surface area contributed by atoms with E-state index >= 15 is 0 Å². The molecule has 3 rings (SSSR count). The van der Waals surface area contributed by atoms with Crippen molar-refractivity contribution >= 4 is 28.3 Å². The van der Waals surface area contributed by atoms with Gasteiger partial charge in [0, 0.05) is 26.2 Å². The number of aromatic nitrogens is 2. The van der Waals surface area contributed by atoms with Crippen LogP contribution in [0.3, 0.4) is 0 Å². The fraction of sp³-hybridized carbons (Fsp3) is 0.714. The maximum atomic E-state index is 12.2. The van der Waals surface area contributed by atoms with Crippen molar-refractivity contribution < 1.29 is 14.3 Å². The zero-order valence-electron chi connectivity index (χ0n) is 13.1. The van der Waals surface area contributed by atoms with E-state index in [1.165, 1.54) is 11.3 Å². The van der Waals surface area contributed by atoms with Gasteiger partial charge in [-0.2, -0.15) is 0 Å². The lowest BCUT2D eigenvalue weighted by Crippen LogP contribution is -2.42. The zero-order valence-corrected chi connectivity index (χ0v) is 13.9. The van der Waals surface area contributed by atoms with Gasteiger partial charge in [-0.3, -0.25) is 19.8 Å². The maximum Gasteiger partial charge on any atom is 0.240 e. The minimum absolute atomic E-state index is 0.00913. The van der Waals surface area contributed by atoms with Crippen LogP contribution in [-0.4, -0.2) is 59.7 Å². The molecule has 3 heterocycles. The molecule has 0 aromatic carbocycles. The fourth-order valence-electron chi connectivity index (χ4n) is 3.12. The Bertz CT molecular complexity index is 579. The van der Waals surface area contributed by atoms with E-state index < -0.39 is 0 Å². The van der Waals surface area contributed by atoms with Crippen LogP contribution in [0.2, 0.25) is 0 Å². The summed E-state index contributed by atoms with van der Waals surface area (Å²) in [4.78, 5) is 26.3. The first-order valence-electron chi connectivity index (χ1n) is 7.78. The molecule has 8 nitrogen and oxygen atoms in total. The lowest BCUT2D eigenvalue weighted by Gasteiger charge is -2.26. The molecule has 2 bridgehead atoms. The summed E-state index contributed by atoms with van der Waals surface area (Å²) in [6.45, 7) is 2.01. The van der Waals surface area contributed by atoms with Crippen molar-refractivity contribution in [3.8, 4) is 0 Å². The summed E-state index contributed by atoms with van der Waals surface area (Å²) in [5.41, 5.74) is 0. The number of methoxy groups -OCH3 is 1. The van der Waals surface area contributed by atoms with Crippen LogP contribution < -0.4 is 10.6 Å². The summed E-state index contributed by atoms with van der Waals surface area (Å²) >= 11 is 1.30. The summed E-state index contributed by atoms with van der Waals surface area (Å²) in [6.07, 6.45) is 2.95.